The summed E-state index contributed by atoms with van der Waals surface area (Å²) in [5.41, 5.74) is 1.92. The zero-order chi connectivity index (χ0) is 24.6. The molecule has 0 aromatic heterocycles. The highest BCUT2D eigenvalue weighted by Gasteiger charge is 2.26. The van der Waals surface area contributed by atoms with Gasteiger partial charge in [0.2, 0.25) is 0 Å². The minimum atomic E-state index is -0.820. The normalized spacial score (nSPS) is 15.1. The van der Waals surface area contributed by atoms with E-state index >= 15 is 0 Å². The van der Waals surface area contributed by atoms with E-state index in [4.69, 9.17) is 4.74 Å². The molecule has 4 rings (SSSR count). The number of esters is 1. The van der Waals surface area contributed by atoms with Gasteiger partial charge in [-0.05, 0) is 63.0 Å². The van der Waals surface area contributed by atoms with Crippen LogP contribution in [-0.4, -0.2) is 60.7 Å². The Morgan fingerprint density at radius 3 is 2.38 bits per heavy atom. The number of rotatable bonds is 6. The van der Waals surface area contributed by atoms with Crippen LogP contribution < -0.4 is 11.2 Å². The van der Waals surface area contributed by atoms with Crippen LogP contribution in [0.15, 0.2) is 21.7 Å². The summed E-state index contributed by atoms with van der Waals surface area (Å²) in [6.45, 7) is 6.95. The predicted octanol–water partition coefficient (Wildman–Crippen LogP) is 0.992. The Balaban J connectivity index is 1.77. The smallest absolute Gasteiger partial charge is 0.355 e. The first-order chi connectivity index (χ1) is 16.2. The first-order valence-corrected chi connectivity index (χ1v) is 11.2. The Kier molecular flexibility index (Phi) is 6.47. The molecule has 1 fully saturated rings. The average Bonchev–Trinajstić information content (AvgIpc) is 2.78. The van der Waals surface area contributed by atoms with Crippen molar-refractivity contribution in [2.24, 2.45) is 5.92 Å². The molecule has 3 aliphatic rings. The van der Waals surface area contributed by atoms with Crippen LogP contribution in [0.5, 0.6) is 0 Å². The number of aryl methyl sites for hydroxylation is 2. The van der Waals surface area contributed by atoms with Crippen LogP contribution in [0.25, 0.3) is 22.6 Å². The van der Waals surface area contributed by atoms with Crippen molar-refractivity contribution in [3.05, 3.63) is 44.1 Å². The fourth-order valence-electron chi connectivity index (χ4n) is 4.27. The lowest BCUT2D eigenvalue weighted by Gasteiger charge is -2.30. The third-order valence-electron chi connectivity index (χ3n) is 6.44. The van der Waals surface area contributed by atoms with Gasteiger partial charge in [-0.2, -0.15) is 4.98 Å². The van der Waals surface area contributed by atoms with Crippen molar-refractivity contribution < 1.29 is 19.4 Å². The summed E-state index contributed by atoms with van der Waals surface area (Å²) in [6.07, 6.45) is 1.17. The lowest BCUT2D eigenvalue weighted by atomic mass is 9.97. The summed E-state index contributed by atoms with van der Waals surface area (Å²) in [6, 6.07) is 3.85. The van der Waals surface area contributed by atoms with E-state index in [1.807, 2.05) is 30.5 Å². The van der Waals surface area contributed by atoms with Gasteiger partial charge < -0.3 is 19.3 Å². The predicted molar refractivity (Wildman–Crippen MR) is 123 cm³/mol. The van der Waals surface area contributed by atoms with Gasteiger partial charge in [0.1, 0.15) is 0 Å². The molecule has 0 unspecified atom stereocenters. The number of carboxylic acids is 1. The zero-order valence-electron chi connectivity index (χ0n) is 19.4. The molecule has 11 heteroatoms. The van der Waals surface area contributed by atoms with Crippen molar-refractivity contribution >= 4 is 23.0 Å². The molecule has 0 amide bonds. The highest BCUT2D eigenvalue weighted by Crippen LogP contribution is 2.24. The van der Waals surface area contributed by atoms with Crippen LogP contribution in [0.2, 0.25) is 0 Å². The molecule has 11 nitrogen and oxygen atoms in total. The van der Waals surface area contributed by atoms with E-state index < -0.39 is 29.9 Å². The summed E-state index contributed by atoms with van der Waals surface area (Å²) in [5, 5.41) is 9.23. The molecule has 0 aliphatic carbocycles. The van der Waals surface area contributed by atoms with E-state index in [2.05, 4.69) is 14.9 Å². The summed E-state index contributed by atoms with van der Waals surface area (Å²) < 4.78 is 7.42. The maximum atomic E-state index is 13.1. The molecule has 1 aromatic carbocycles. The van der Waals surface area contributed by atoms with E-state index in [0.717, 1.165) is 21.2 Å². The second-order valence-corrected chi connectivity index (χ2v) is 8.71. The van der Waals surface area contributed by atoms with E-state index in [1.54, 1.807) is 0 Å². The number of hydrogen-bond acceptors (Lipinski definition) is 8. The third kappa shape index (κ3) is 4.56. The topological polar surface area (TPSA) is 137 Å². The summed E-state index contributed by atoms with van der Waals surface area (Å²) in [5.74, 6) is -1.53. The van der Waals surface area contributed by atoms with Crippen molar-refractivity contribution in [3.8, 4) is 11.5 Å². The molecule has 0 bridgehead atoms. The molecule has 3 heterocycles. The number of benzene rings is 1. The molecule has 3 aliphatic heterocycles. The molecule has 180 valence electrons. The van der Waals surface area contributed by atoms with Gasteiger partial charge in [0.25, 0.3) is 5.56 Å². The maximum Gasteiger partial charge on any atom is 0.355 e. The minimum Gasteiger partial charge on any atom is -0.481 e. The number of aliphatic carboxylic acids is 1. The van der Waals surface area contributed by atoms with Crippen LogP contribution in [0.1, 0.15) is 30.9 Å². The molecule has 34 heavy (non-hydrogen) atoms. The van der Waals surface area contributed by atoms with Gasteiger partial charge in [0.05, 0.1) is 17.0 Å². The first kappa shape index (κ1) is 23.6. The second kappa shape index (κ2) is 9.34. The van der Waals surface area contributed by atoms with Crippen LogP contribution in [0, 0.1) is 19.8 Å². The monoisotopic (exact) mass is 469 g/mol. The number of likely N-dealkylation sites (tertiary alicyclic amines) is 1. The van der Waals surface area contributed by atoms with Gasteiger partial charge in [-0.3, -0.25) is 14.4 Å². The van der Waals surface area contributed by atoms with Crippen molar-refractivity contribution in [2.45, 2.75) is 46.9 Å². The molecular formula is C23H27N5O6. The zero-order valence-corrected chi connectivity index (χ0v) is 19.4. The van der Waals surface area contributed by atoms with Gasteiger partial charge >= 0.3 is 17.6 Å². The molecule has 1 N–H and O–H groups in total. The van der Waals surface area contributed by atoms with Gasteiger partial charge in [-0.25, -0.2) is 14.3 Å². The van der Waals surface area contributed by atoms with Crippen molar-refractivity contribution in [1.29, 1.82) is 0 Å². The number of aromatic nitrogens is 4. The van der Waals surface area contributed by atoms with Gasteiger partial charge in [-0.1, -0.05) is 0 Å². The molecule has 1 saturated heterocycles. The quantitative estimate of drug-likeness (QED) is 0.414. The highest BCUT2D eigenvalue weighted by molar-refractivity contribution is 5.81. The standard InChI is InChI=1S/C23H27N5O6/c1-13-10-17-18(11-14(13)2)27(9-8-26-6-4-16(5-7-26)22(31)32)20-19(24-17)21(30)28(23(33)25-20)12-34-15(3)29/h10-11,16H,4-9,12H2,1-3H3,(H,31,32). The van der Waals surface area contributed by atoms with Gasteiger partial charge in [0, 0.05) is 20.0 Å². The molecule has 0 radical (unpaired) electrons. The van der Waals surface area contributed by atoms with Crippen LogP contribution in [-0.2, 0) is 27.6 Å². The minimum absolute atomic E-state index is 0.0205. The number of fused-ring (bicyclic) bond motifs is 2. The van der Waals surface area contributed by atoms with Crippen LogP contribution >= 0.6 is 0 Å². The third-order valence-corrected chi connectivity index (χ3v) is 6.44. The Morgan fingerprint density at radius 1 is 1.06 bits per heavy atom. The Hall–Kier alpha value is -3.60. The van der Waals surface area contributed by atoms with Crippen molar-refractivity contribution in [1.82, 2.24) is 24.0 Å². The largest absolute Gasteiger partial charge is 0.481 e. The summed E-state index contributed by atoms with van der Waals surface area (Å²) >= 11 is 0. The maximum absolute atomic E-state index is 13.1. The lowest BCUT2D eigenvalue weighted by Crippen LogP contribution is -2.41. The number of carbonyl (C=O) groups excluding carboxylic acids is 1. The summed E-state index contributed by atoms with van der Waals surface area (Å²) in [4.78, 5) is 59.0. The average molecular weight is 469 g/mol. The number of hydrogen-bond donors (Lipinski definition) is 1. The van der Waals surface area contributed by atoms with E-state index in [-0.39, 0.29) is 17.4 Å². The van der Waals surface area contributed by atoms with Gasteiger partial charge in [-0.15, -0.1) is 0 Å². The number of ether oxygens (including phenoxy) is 1. The van der Waals surface area contributed by atoms with E-state index in [1.165, 1.54) is 6.92 Å². The Morgan fingerprint density at radius 2 is 1.74 bits per heavy atom. The summed E-state index contributed by atoms with van der Waals surface area (Å²) in [7, 11) is 0. The number of piperidine rings is 1. The van der Waals surface area contributed by atoms with Crippen molar-refractivity contribution in [3.63, 3.8) is 0 Å². The van der Waals surface area contributed by atoms with E-state index in [0.29, 0.717) is 44.5 Å². The van der Waals surface area contributed by atoms with Crippen LogP contribution in [0.3, 0.4) is 0 Å². The van der Waals surface area contributed by atoms with Crippen molar-refractivity contribution in [2.75, 3.05) is 19.6 Å². The Bertz CT molecular complexity index is 1350. The number of carboxylic acid groups (broad SMARTS) is 1. The molecule has 0 saturated carbocycles. The first-order valence-electron chi connectivity index (χ1n) is 11.2. The second-order valence-electron chi connectivity index (χ2n) is 8.71. The Labute approximate surface area is 194 Å². The van der Waals surface area contributed by atoms with E-state index in [9.17, 15) is 24.3 Å². The number of carbonyl (C=O) groups is 2. The fraction of sp³-hybridized carbons (Fsp3) is 0.478. The van der Waals surface area contributed by atoms with Crippen LogP contribution in [0.4, 0.5) is 0 Å². The number of nitrogens with zero attached hydrogens (tertiary/aromatic N) is 5. The highest BCUT2D eigenvalue weighted by atomic mass is 16.5. The molecular weight excluding hydrogens is 442 g/mol. The molecule has 0 atom stereocenters. The lowest BCUT2D eigenvalue weighted by molar-refractivity contribution is -0.145. The van der Waals surface area contributed by atoms with Gasteiger partial charge in [0.15, 0.2) is 18.2 Å². The fourth-order valence-corrected chi connectivity index (χ4v) is 4.27. The molecule has 0 spiro atoms. The SMILES string of the molecule is CC(=O)OCn1c(=O)nc2n(CCN3CCC(C(=O)O)CC3)c3cc(C)c(C)cc3nc-2c1=O. The molecule has 1 aromatic rings.